The summed E-state index contributed by atoms with van der Waals surface area (Å²) in [6, 6.07) is 4.81. The maximum absolute atomic E-state index is 12.5. The molecular formula is C17H17Cl2N5O3S. The highest BCUT2D eigenvalue weighted by atomic mass is 35.5. The number of halogens is 2. The smallest absolute Gasteiger partial charge is 0.325 e. The number of thioether (sulfide) groups is 1. The Morgan fingerprint density at radius 3 is 2.54 bits per heavy atom. The number of aromatic nitrogens is 4. The molecule has 0 unspecified atom stereocenters. The Kier molecular flexibility index (Phi) is 5.87. The van der Waals surface area contributed by atoms with E-state index in [1.54, 1.807) is 29.8 Å². The quantitative estimate of drug-likeness (QED) is 0.614. The number of carbonyl (C=O) groups is 1. The highest BCUT2D eigenvalue weighted by Gasteiger charge is 2.19. The van der Waals surface area contributed by atoms with Crippen LogP contribution in [0.2, 0.25) is 10.0 Å². The third-order valence-electron chi connectivity index (χ3n) is 4.16. The van der Waals surface area contributed by atoms with E-state index >= 15 is 0 Å². The molecule has 148 valence electrons. The monoisotopic (exact) mass is 441 g/mol. The zero-order valence-corrected chi connectivity index (χ0v) is 17.7. The number of nitrogens with one attached hydrogen (secondary N) is 1. The molecule has 0 radical (unpaired) electrons. The van der Waals surface area contributed by atoms with Crippen LogP contribution in [0.15, 0.2) is 32.9 Å². The first kappa shape index (κ1) is 20.5. The largest absolute Gasteiger partial charge is 0.332 e. The fourth-order valence-corrected chi connectivity index (χ4v) is 3.89. The molecule has 11 heteroatoms. The van der Waals surface area contributed by atoms with E-state index in [4.69, 9.17) is 23.2 Å². The second kappa shape index (κ2) is 8.02. The Labute approximate surface area is 174 Å². The minimum atomic E-state index is -0.452. The number of fused-ring (bicyclic) bond motifs is 1. The average Bonchev–Trinajstić information content (AvgIpc) is 3.04. The van der Waals surface area contributed by atoms with E-state index < -0.39 is 11.2 Å². The van der Waals surface area contributed by atoms with Crippen molar-refractivity contribution in [2.24, 2.45) is 14.1 Å². The van der Waals surface area contributed by atoms with Gasteiger partial charge in [0, 0.05) is 26.3 Å². The number of carbonyl (C=O) groups excluding carboxylic acids is 1. The fourth-order valence-electron chi connectivity index (χ4n) is 2.73. The van der Waals surface area contributed by atoms with E-state index in [1.807, 2.05) is 6.92 Å². The molecule has 0 atom stereocenters. The van der Waals surface area contributed by atoms with Crippen molar-refractivity contribution < 1.29 is 4.79 Å². The molecule has 0 aliphatic carbocycles. The van der Waals surface area contributed by atoms with Gasteiger partial charge >= 0.3 is 5.69 Å². The lowest BCUT2D eigenvalue weighted by Gasteiger charge is -2.07. The van der Waals surface area contributed by atoms with Crippen LogP contribution >= 0.6 is 35.0 Å². The predicted octanol–water partition coefficient (Wildman–Crippen LogP) is 2.49. The molecule has 0 aliphatic heterocycles. The lowest BCUT2D eigenvalue weighted by molar-refractivity contribution is -0.113. The second-order valence-electron chi connectivity index (χ2n) is 5.98. The number of aryl methyl sites for hydroxylation is 2. The number of benzene rings is 1. The van der Waals surface area contributed by atoms with Crippen LogP contribution in [-0.4, -0.2) is 30.3 Å². The third-order valence-corrected chi connectivity index (χ3v) is 5.88. The van der Waals surface area contributed by atoms with Gasteiger partial charge in [-0.2, -0.15) is 0 Å². The number of hydrogen-bond donors (Lipinski definition) is 1. The van der Waals surface area contributed by atoms with Crippen molar-refractivity contribution in [2.45, 2.75) is 18.6 Å². The van der Waals surface area contributed by atoms with Crippen molar-refractivity contribution in [1.82, 2.24) is 18.7 Å². The number of nitrogens with zero attached hydrogens (tertiary/aromatic N) is 4. The normalized spacial score (nSPS) is 11.2. The Morgan fingerprint density at radius 1 is 1.18 bits per heavy atom. The van der Waals surface area contributed by atoms with Crippen molar-refractivity contribution in [3.8, 4) is 0 Å². The van der Waals surface area contributed by atoms with Crippen molar-refractivity contribution >= 4 is 57.7 Å². The van der Waals surface area contributed by atoms with Gasteiger partial charge in [0.2, 0.25) is 5.91 Å². The van der Waals surface area contributed by atoms with Crippen LogP contribution < -0.4 is 16.6 Å². The van der Waals surface area contributed by atoms with Gasteiger partial charge in [0.1, 0.15) is 0 Å². The lowest BCUT2D eigenvalue weighted by Crippen LogP contribution is -2.37. The first-order valence-corrected chi connectivity index (χ1v) is 10.0. The predicted molar refractivity (Wildman–Crippen MR) is 112 cm³/mol. The van der Waals surface area contributed by atoms with Gasteiger partial charge in [0.05, 0.1) is 15.8 Å². The van der Waals surface area contributed by atoms with Crippen LogP contribution in [0.3, 0.4) is 0 Å². The molecular weight excluding hydrogens is 425 g/mol. The molecule has 0 bridgehead atoms. The average molecular weight is 442 g/mol. The molecule has 1 amide bonds. The Hall–Kier alpha value is -2.23. The summed E-state index contributed by atoms with van der Waals surface area (Å²) in [6.45, 7) is 2.34. The van der Waals surface area contributed by atoms with Gasteiger partial charge in [-0.25, -0.2) is 9.78 Å². The third kappa shape index (κ3) is 3.69. The highest BCUT2D eigenvalue weighted by molar-refractivity contribution is 7.99. The number of imidazole rings is 1. The molecule has 2 aromatic heterocycles. The summed E-state index contributed by atoms with van der Waals surface area (Å²) < 4.78 is 4.07. The number of anilines is 1. The summed E-state index contributed by atoms with van der Waals surface area (Å²) in [4.78, 5) is 41.3. The van der Waals surface area contributed by atoms with Gasteiger partial charge in [-0.15, -0.1) is 0 Å². The van der Waals surface area contributed by atoms with Gasteiger partial charge < -0.3 is 9.88 Å². The van der Waals surface area contributed by atoms with Crippen LogP contribution in [0.1, 0.15) is 6.92 Å². The van der Waals surface area contributed by atoms with Crippen LogP contribution in [-0.2, 0) is 25.4 Å². The van der Waals surface area contributed by atoms with Crippen molar-refractivity contribution in [2.75, 3.05) is 11.1 Å². The van der Waals surface area contributed by atoms with Gasteiger partial charge in [0.15, 0.2) is 16.3 Å². The van der Waals surface area contributed by atoms with Crippen LogP contribution in [0.4, 0.5) is 5.69 Å². The summed E-state index contributed by atoms with van der Waals surface area (Å²) in [7, 11) is 2.98. The molecule has 1 aromatic carbocycles. The number of rotatable bonds is 5. The lowest BCUT2D eigenvalue weighted by atomic mass is 10.3. The molecule has 0 saturated carbocycles. The first-order valence-electron chi connectivity index (χ1n) is 8.28. The summed E-state index contributed by atoms with van der Waals surface area (Å²) in [6.07, 6.45) is 0. The van der Waals surface area contributed by atoms with E-state index in [0.29, 0.717) is 38.6 Å². The van der Waals surface area contributed by atoms with Crippen LogP contribution in [0.5, 0.6) is 0 Å². The Balaban J connectivity index is 1.86. The Bertz CT molecular complexity index is 1200. The maximum atomic E-state index is 12.5. The SMILES string of the molecule is CCn1c(SCC(=O)Nc2ccc(Cl)c(Cl)c2)nc2c1c(=O)n(C)c(=O)n2C. The van der Waals surface area contributed by atoms with E-state index in [9.17, 15) is 14.4 Å². The highest BCUT2D eigenvalue weighted by Crippen LogP contribution is 2.26. The zero-order valence-electron chi connectivity index (χ0n) is 15.3. The first-order chi connectivity index (χ1) is 13.2. The minimum Gasteiger partial charge on any atom is -0.325 e. The molecule has 3 rings (SSSR count). The summed E-state index contributed by atoms with van der Waals surface area (Å²) in [5, 5.41) is 3.96. The van der Waals surface area contributed by atoms with Crippen molar-refractivity contribution in [3.05, 3.63) is 49.1 Å². The Morgan fingerprint density at radius 2 is 1.89 bits per heavy atom. The molecule has 1 N–H and O–H groups in total. The molecule has 3 aromatic rings. The maximum Gasteiger partial charge on any atom is 0.332 e. The van der Waals surface area contributed by atoms with E-state index in [1.165, 1.54) is 23.4 Å². The van der Waals surface area contributed by atoms with Gasteiger partial charge in [0.25, 0.3) is 5.56 Å². The zero-order chi connectivity index (χ0) is 20.6. The molecule has 0 spiro atoms. The second-order valence-corrected chi connectivity index (χ2v) is 7.74. The molecule has 28 heavy (non-hydrogen) atoms. The molecule has 0 aliphatic rings. The molecule has 2 heterocycles. The van der Waals surface area contributed by atoms with Crippen molar-refractivity contribution in [1.29, 1.82) is 0 Å². The van der Waals surface area contributed by atoms with Crippen molar-refractivity contribution in [3.63, 3.8) is 0 Å². The van der Waals surface area contributed by atoms with Gasteiger partial charge in [-0.3, -0.25) is 18.7 Å². The molecule has 0 fully saturated rings. The van der Waals surface area contributed by atoms with Gasteiger partial charge in [-0.05, 0) is 25.1 Å². The fraction of sp³-hybridized carbons (Fsp3) is 0.294. The minimum absolute atomic E-state index is 0.0673. The number of amides is 1. The summed E-state index contributed by atoms with van der Waals surface area (Å²) >= 11 is 13.0. The molecule has 8 nitrogen and oxygen atoms in total. The summed E-state index contributed by atoms with van der Waals surface area (Å²) in [5.74, 6) is -0.197. The van der Waals surface area contributed by atoms with E-state index in [2.05, 4.69) is 10.3 Å². The van der Waals surface area contributed by atoms with Crippen LogP contribution in [0.25, 0.3) is 11.2 Å². The van der Waals surface area contributed by atoms with E-state index in [-0.39, 0.29) is 11.7 Å². The van der Waals surface area contributed by atoms with Gasteiger partial charge in [-0.1, -0.05) is 35.0 Å². The van der Waals surface area contributed by atoms with Crippen LogP contribution in [0, 0.1) is 0 Å². The standard InChI is InChI=1S/C17H17Cl2N5O3S/c1-4-24-13-14(22(2)17(27)23(3)15(13)26)21-16(24)28-8-12(25)20-9-5-6-10(18)11(19)7-9/h5-7H,4,8H2,1-3H3,(H,20,25). The topological polar surface area (TPSA) is 90.9 Å². The summed E-state index contributed by atoms with van der Waals surface area (Å²) in [5.41, 5.74) is 0.286. The van der Waals surface area contributed by atoms with E-state index in [0.717, 1.165) is 4.57 Å². The molecule has 0 saturated heterocycles. The number of hydrogen-bond acceptors (Lipinski definition) is 5.